The van der Waals surface area contributed by atoms with Gasteiger partial charge in [0.05, 0.1) is 0 Å². The number of rotatable bonds is 14. The summed E-state index contributed by atoms with van der Waals surface area (Å²) in [5.74, 6) is 0. The Bertz CT molecular complexity index is 162. The molecule has 0 bridgehead atoms. The van der Waals surface area contributed by atoms with E-state index in [4.69, 9.17) is 0 Å². The predicted molar refractivity (Wildman–Crippen MR) is 82.8 cm³/mol. The number of unbranched alkanes of at least 4 members (excludes halogenated alkanes) is 10. The Hall–Kier alpha value is 0.722. The third-order valence-corrected chi connectivity index (χ3v) is 10.7. The van der Waals surface area contributed by atoms with Crippen LogP contribution in [0.15, 0.2) is 0 Å². The third-order valence-electron chi connectivity index (χ3n) is 3.62. The van der Waals surface area contributed by atoms with Crippen LogP contribution in [0.5, 0.6) is 0 Å². The van der Waals surface area contributed by atoms with Crippen molar-refractivity contribution in [3.05, 3.63) is 0 Å². The van der Waals surface area contributed by atoms with Crippen molar-refractivity contribution >= 4 is 22.7 Å². The number of hydrogen-bond donors (Lipinski definition) is 0. The van der Waals surface area contributed by atoms with Crippen molar-refractivity contribution in [3.63, 3.8) is 0 Å². The first-order valence-electron chi connectivity index (χ1n) is 8.33. The fourth-order valence-corrected chi connectivity index (χ4v) is 8.31. The molecule has 0 saturated heterocycles. The van der Waals surface area contributed by atoms with Crippen LogP contribution in [0.3, 0.4) is 0 Å². The van der Waals surface area contributed by atoms with Crippen LogP contribution >= 0.6 is 0 Å². The topological polar surface area (TPSA) is 17.1 Å². The molecule has 108 valence electrons. The molecule has 0 spiro atoms. The molecule has 0 saturated carbocycles. The molecule has 0 aromatic carbocycles. The summed E-state index contributed by atoms with van der Waals surface area (Å²) in [5.41, 5.74) is 0. The van der Waals surface area contributed by atoms with E-state index >= 15 is 0 Å². The van der Waals surface area contributed by atoms with E-state index in [0.29, 0.717) is 0 Å². The van der Waals surface area contributed by atoms with Crippen molar-refractivity contribution in [3.8, 4) is 0 Å². The second-order valence-electron chi connectivity index (χ2n) is 5.57. The minimum absolute atomic E-state index is 1.13. The molecule has 0 fully saturated rings. The van der Waals surface area contributed by atoms with Gasteiger partial charge in [0.1, 0.15) is 0 Å². The Morgan fingerprint density at radius 3 is 1.28 bits per heavy atom. The summed E-state index contributed by atoms with van der Waals surface area (Å²) in [6.07, 6.45) is 16.1. The van der Waals surface area contributed by atoms with Gasteiger partial charge in [-0.25, -0.2) is 0 Å². The van der Waals surface area contributed by atoms with E-state index in [1.54, 1.807) is 0 Å². The molecule has 0 rings (SSSR count). The second-order valence-corrected chi connectivity index (χ2v) is 13.6. The molecule has 0 aliphatic rings. The summed E-state index contributed by atoms with van der Waals surface area (Å²) in [4.78, 5) is 0. The Labute approximate surface area is 124 Å². The van der Waals surface area contributed by atoms with Crippen LogP contribution in [0.1, 0.15) is 90.9 Å². The monoisotopic (exact) mass is 450 g/mol. The fraction of sp³-hybridized carbons (Fsp3) is 1.00. The molecule has 0 aromatic heterocycles. The van der Waals surface area contributed by atoms with Gasteiger partial charge >= 0.3 is 124 Å². The van der Waals surface area contributed by atoms with Gasteiger partial charge in [0.25, 0.3) is 0 Å². The molecular formula is C16H34OPb. The van der Waals surface area contributed by atoms with Crippen molar-refractivity contribution < 1.29 is 2.69 Å². The summed E-state index contributed by atoms with van der Waals surface area (Å²) in [6, 6.07) is 0. The Balaban J connectivity index is 3.12. The molecule has 0 aliphatic carbocycles. The van der Waals surface area contributed by atoms with Gasteiger partial charge in [-0.3, -0.25) is 0 Å². The van der Waals surface area contributed by atoms with E-state index in [9.17, 15) is 2.69 Å². The van der Waals surface area contributed by atoms with Crippen LogP contribution in [0.25, 0.3) is 0 Å². The van der Waals surface area contributed by atoms with E-state index in [-0.39, 0.29) is 0 Å². The average Bonchev–Trinajstić information content (AvgIpc) is 2.38. The Kier molecular flexibility index (Phi) is 16.4. The van der Waals surface area contributed by atoms with E-state index in [2.05, 4.69) is 13.8 Å². The van der Waals surface area contributed by atoms with Gasteiger partial charge in [0.2, 0.25) is 0 Å². The molecular weight excluding hydrogens is 415 g/mol. The molecule has 0 N–H and O–H groups in total. The Morgan fingerprint density at radius 1 is 0.556 bits per heavy atom. The van der Waals surface area contributed by atoms with Gasteiger partial charge in [-0.15, -0.1) is 0 Å². The van der Waals surface area contributed by atoms with Crippen molar-refractivity contribution in [2.24, 2.45) is 0 Å². The fourth-order valence-electron chi connectivity index (χ4n) is 2.33. The molecule has 0 heterocycles. The van der Waals surface area contributed by atoms with Crippen molar-refractivity contribution in [1.29, 1.82) is 0 Å². The SMILES string of the molecule is CCCCCCC[CH2][Pb](=[O])[CH2]CCCCCCC. The molecule has 18 heavy (non-hydrogen) atoms. The molecule has 0 atom stereocenters. The standard InChI is InChI=1S/2C8H17.O.Pb/c2*1-3-5-7-8-6-4-2;;/h2*1,3-8H2,2H3;;. The first-order valence-corrected chi connectivity index (χ1v) is 15.4. The molecule has 0 unspecified atom stereocenters. The first kappa shape index (κ1) is 18.7. The second kappa shape index (κ2) is 15.8. The summed E-state index contributed by atoms with van der Waals surface area (Å²) in [7, 11) is 0. The van der Waals surface area contributed by atoms with Crippen LogP contribution in [0, 0.1) is 0 Å². The van der Waals surface area contributed by atoms with Crippen LogP contribution in [0.2, 0.25) is 7.96 Å². The van der Waals surface area contributed by atoms with Gasteiger partial charge in [0, 0.05) is 0 Å². The Morgan fingerprint density at radius 2 is 0.889 bits per heavy atom. The van der Waals surface area contributed by atoms with Crippen LogP contribution in [-0.4, -0.2) is 22.7 Å². The van der Waals surface area contributed by atoms with Crippen molar-refractivity contribution in [2.45, 2.75) is 98.9 Å². The van der Waals surface area contributed by atoms with Gasteiger partial charge < -0.3 is 0 Å². The summed E-state index contributed by atoms with van der Waals surface area (Å²) in [5, 5.41) is 0. The van der Waals surface area contributed by atoms with E-state index in [1.807, 2.05) is 0 Å². The first-order chi connectivity index (χ1) is 8.81. The summed E-state index contributed by atoms with van der Waals surface area (Å²) in [6.45, 7) is 4.51. The van der Waals surface area contributed by atoms with Gasteiger partial charge in [0.15, 0.2) is 0 Å². The van der Waals surface area contributed by atoms with E-state index < -0.39 is 22.7 Å². The normalized spacial score (nSPS) is 10.8. The van der Waals surface area contributed by atoms with Gasteiger partial charge in [-0.1, -0.05) is 0 Å². The maximum absolute atomic E-state index is 11.9. The van der Waals surface area contributed by atoms with Crippen molar-refractivity contribution in [1.82, 2.24) is 0 Å². The zero-order valence-electron chi connectivity index (χ0n) is 12.8. The van der Waals surface area contributed by atoms with E-state index in [1.165, 1.54) is 77.0 Å². The molecule has 0 radical (unpaired) electrons. The molecule has 1 nitrogen and oxygen atoms in total. The molecule has 0 aliphatic heterocycles. The van der Waals surface area contributed by atoms with E-state index in [0.717, 1.165) is 7.96 Å². The molecule has 2 heteroatoms. The number of hydrogen-bond acceptors (Lipinski definition) is 1. The zero-order chi connectivity index (χ0) is 13.5. The van der Waals surface area contributed by atoms with Crippen molar-refractivity contribution in [2.75, 3.05) is 0 Å². The molecule has 0 aromatic rings. The maximum atomic E-state index is 11.9. The van der Waals surface area contributed by atoms with Crippen LogP contribution < -0.4 is 0 Å². The predicted octanol–water partition coefficient (Wildman–Crippen LogP) is 6.13. The zero-order valence-corrected chi connectivity index (χ0v) is 16.7. The van der Waals surface area contributed by atoms with Gasteiger partial charge in [-0.2, -0.15) is 0 Å². The third kappa shape index (κ3) is 14.8. The summed E-state index contributed by atoms with van der Waals surface area (Å²) < 4.78 is 14.2. The average molecular weight is 450 g/mol. The van der Waals surface area contributed by atoms with Gasteiger partial charge in [-0.05, 0) is 0 Å². The quantitative estimate of drug-likeness (QED) is 0.230. The molecule has 0 amide bonds. The summed E-state index contributed by atoms with van der Waals surface area (Å²) >= 11 is -2.26. The van der Waals surface area contributed by atoms with Crippen LogP contribution in [-0.2, 0) is 2.69 Å². The van der Waals surface area contributed by atoms with Crippen LogP contribution in [0.4, 0.5) is 0 Å². The minimum atomic E-state index is -2.26.